The second kappa shape index (κ2) is 6.06. The summed E-state index contributed by atoms with van der Waals surface area (Å²) in [6.45, 7) is 6.13. The minimum absolute atomic E-state index is 0.103. The third-order valence-electron chi connectivity index (χ3n) is 4.36. The van der Waals surface area contributed by atoms with Crippen molar-refractivity contribution in [2.45, 2.75) is 57.0 Å². The molecule has 2 N–H and O–H groups in total. The van der Waals surface area contributed by atoms with E-state index in [4.69, 9.17) is 0 Å². The third kappa shape index (κ3) is 4.05. The molecule has 0 aliphatic heterocycles. The Hall–Kier alpha value is -0.860. The van der Waals surface area contributed by atoms with Gasteiger partial charge in [0.25, 0.3) is 0 Å². The van der Waals surface area contributed by atoms with E-state index in [-0.39, 0.29) is 5.41 Å². The zero-order valence-electron chi connectivity index (χ0n) is 12.3. The van der Waals surface area contributed by atoms with Crippen LogP contribution in [-0.4, -0.2) is 23.8 Å². The number of benzene rings is 1. The van der Waals surface area contributed by atoms with Gasteiger partial charge in [0.05, 0.1) is 5.60 Å². The fourth-order valence-electron chi connectivity index (χ4n) is 2.99. The standard InChI is InChI=1S/C17H27NO/c1-16(2,15-9-5-3-6-10-15)13-18-14-17(19)11-7-4-8-12-17/h3,5-6,9-10,18-19H,4,7-8,11-14H2,1-2H3. The van der Waals surface area contributed by atoms with Crippen LogP contribution in [0.1, 0.15) is 51.5 Å². The van der Waals surface area contributed by atoms with E-state index in [1.54, 1.807) is 0 Å². The highest BCUT2D eigenvalue weighted by molar-refractivity contribution is 5.23. The molecule has 1 aliphatic rings. The van der Waals surface area contributed by atoms with Crippen molar-refractivity contribution in [3.8, 4) is 0 Å². The Kier molecular flexibility index (Phi) is 4.64. The molecule has 0 heterocycles. The van der Waals surface area contributed by atoms with Gasteiger partial charge in [-0.1, -0.05) is 63.4 Å². The minimum atomic E-state index is -0.467. The Morgan fingerprint density at radius 2 is 1.74 bits per heavy atom. The highest BCUT2D eigenvalue weighted by Crippen LogP contribution is 2.28. The normalized spacial score (nSPS) is 19.3. The number of rotatable bonds is 5. The zero-order chi connectivity index (χ0) is 13.8. The van der Waals surface area contributed by atoms with Crippen LogP contribution >= 0.6 is 0 Å². The smallest absolute Gasteiger partial charge is 0.0771 e. The molecule has 1 fully saturated rings. The molecule has 0 unspecified atom stereocenters. The van der Waals surface area contributed by atoms with Gasteiger partial charge in [0.15, 0.2) is 0 Å². The van der Waals surface area contributed by atoms with Crippen LogP contribution in [-0.2, 0) is 5.41 Å². The Morgan fingerprint density at radius 1 is 1.11 bits per heavy atom. The van der Waals surface area contributed by atoms with Gasteiger partial charge in [0, 0.05) is 18.5 Å². The van der Waals surface area contributed by atoms with Crippen LogP contribution in [0.2, 0.25) is 0 Å². The summed E-state index contributed by atoms with van der Waals surface area (Å²) in [5.41, 5.74) is 0.982. The van der Waals surface area contributed by atoms with E-state index in [1.165, 1.54) is 24.8 Å². The zero-order valence-corrected chi connectivity index (χ0v) is 12.3. The second-order valence-electron chi connectivity index (χ2n) is 6.64. The maximum absolute atomic E-state index is 10.5. The van der Waals surface area contributed by atoms with Crippen molar-refractivity contribution >= 4 is 0 Å². The number of hydrogen-bond acceptors (Lipinski definition) is 2. The number of nitrogens with one attached hydrogen (secondary N) is 1. The summed E-state index contributed by atoms with van der Waals surface area (Å²) in [6.07, 6.45) is 5.51. The lowest BCUT2D eigenvalue weighted by Crippen LogP contribution is -2.45. The van der Waals surface area contributed by atoms with Gasteiger partial charge in [0.2, 0.25) is 0 Å². The van der Waals surface area contributed by atoms with E-state index >= 15 is 0 Å². The predicted octanol–water partition coefficient (Wildman–Crippen LogP) is 3.25. The van der Waals surface area contributed by atoms with E-state index in [0.29, 0.717) is 0 Å². The van der Waals surface area contributed by atoms with Crippen LogP contribution < -0.4 is 5.32 Å². The summed E-state index contributed by atoms with van der Waals surface area (Å²) < 4.78 is 0. The maximum atomic E-state index is 10.5. The van der Waals surface area contributed by atoms with Crippen molar-refractivity contribution in [3.05, 3.63) is 35.9 Å². The monoisotopic (exact) mass is 261 g/mol. The molecular weight excluding hydrogens is 234 g/mol. The molecule has 0 aromatic heterocycles. The molecule has 2 nitrogen and oxygen atoms in total. The van der Waals surface area contributed by atoms with Gasteiger partial charge in [0.1, 0.15) is 0 Å². The topological polar surface area (TPSA) is 32.3 Å². The van der Waals surface area contributed by atoms with Crippen LogP contribution in [0.4, 0.5) is 0 Å². The van der Waals surface area contributed by atoms with Crippen LogP contribution in [0.25, 0.3) is 0 Å². The van der Waals surface area contributed by atoms with Crippen molar-refractivity contribution in [2.24, 2.45) is 0 Å². The van der Waals surface area contributed by atoms with Gasteiger partial charge in [-0.15, -0.1) is 0 Å². The summed E-state index contributed by atoms with van der Waals surface area (Å²) >= 11 is 0. The Morgan fingerprint density at radius 3 is 2.37 bits per heavy atom. The molecule has 106 valence electrons. The highest BCUT2D eigenvalue weighted by atomic mass is 16.3. The van der Waals surface area contributed by atoms with E-state index in [1.807, 2.05) is 0 Å². The molecular formula is C17H27NO. The van der Waals surface area contributed by atoms with E-state index in [0.717, 1.165) is 25.9 Å². The SMILES string of the molecule is CC(C)(CNCC1(O)CCCCC1)c1ccccc1. The lowest BCUT2D eigenvalue weighted by atomic mass is 9.83. The average molecular weight is 261 g/mol. The molecule has 1 aromatic carbocycles. The van der Waals surface area contributed by atoms with Crippen molar-refractivity contribution in [3.63, 3.8) is 0 Å². The molecule has 0 bridgehead atoms. The van der Waals surface area contributed by atoms with E-state index in [2.05, 4.69) is 49.5 Å². The lowest BCUT2D eigenvalue weighted by Gasteiger charge is -2.34. The van der Waals surface area contributed by atoms with Crippen molar-refractivity contribution in [2.75, 3.05) is 13.1 Å². The van der Waals surface area contributed by atoms with Crippen LogP contribution in [0.5, 0.6) is 0 Å². The van der Waals surface area contributed by atoms with Gasteiger partial charge < -0.3 is 10.4 Å². The van der Waals surface area contributed by atoms with E-state index in [9.17, 15) is 5.11 Å². The summed E-state index contributed by atoms with van der Waals surface area (Å²) in [5, 5.41) is 14.0. The van der Waals surface area contributed by atoms with Gasteiger partial charge >= 0.3 is 0 Å². The Balaban J connectivity index is 1.84. The summed E-state index contributed by atoms with van der Waals surface area (Å²) in [6, 6.07) is 10.6. The molecule has 2 heteroatoms. The average Bonchev–Trinajstić information content (AvgIpc) is 2.40. The molecule has 19 heavy (non-hydrogen) atoms. The Bertz CT molecular complexity index is 380. The van der Waals surface area contributed by atoms with Crippen LogP contribution in [0.15, 0.2) is 30.3 Å². The fourth-order valence-corrected chi connectivity index (χ4v) is 2.99. The predicted molar refractivity (Wildman–Crippen MR) is 80.4 cm³/mol. The summed E-state index contributed by atoms with van der Waals surface area (Å²) in [5.74, 6) is 0. The fraction of sp³-hybridized carbons (Fsp3) is 0.647. The van der Waals surface area contributed by atoms with Crippen LogP contribution in [0, 0.1) is 0 Å². The Labute approximate surface area is 117 Å². The molecule has 0 spiro atoms. The molecule has 1 aliphatic carbocycles. The third-order valence-corrected chi connectivity index (χ3v) is 4.36. The largest absolute Gasteiger partial charge is 0.389 e. The first kappa shape index (κ1) is 14.5. The number of hydrogen-bond donors (Lipinski definition) is 2. The first-order valence-corrected chi connectivity index (χ1v) is 7.51. The lowest BCUT2D eigenvalue weighted by molar-refractivity contribution is 0.00423. The maximum Gasteiger partial charge on any atom is 0.0771 e. The van der Waals surface area contributed by atoms with Gasteiger partial charge in [-0.2, -0.15) is 0 Å². The molecule has 2 rings (SSSR count). The van der Waals surface area contributed by atoms with Crippen LogP contribution in [0.3, 0.4) is 0 Å². The summed E-state index contributed by atoms with van der Waals surface area (Å²) in [4.78, 5) is 0. The van der Waals surface area contributed by atoms with Crippen molar-refractivity contribution < 1.29 is 5.11 Å². The van der Waals surface area contributed by atoms with E-state index < -0.39 is 5.60 Å². The molecule has 1 aromatic rings. The van der Waals surface area contributed by atoms with Gasteiger partial charge in [-0.25, -0.2) is 0 Å². The molecule has 0 saturated heterocycles. The highest BCUT2D eigenvalue weighted by Gasteiger charge is 2.29. The molecule has 1 saturated carbocycles. The quantitative estimate of drug-likeness (QED) is 0.853. The first-order chi connectivity index (χ1) is 9.02. The summed E-state index contributed by atoms with van der Waals surface area (Å²) in [7, 11) is 0. The number of aliphatic hydroxyl groups is 1. The van der Waals surface area contributed by atoms with Crippen molar-refractivity contribution in [1.29, 1.82) is 0 Å². The second-order valence-corrected chi connectivity index (χ2v) is 6.64. The molecule has 0 amide bonds. The molecule has 0 radical (unpaired) electrons. The van der Waals surface area contributed by atoms with Gasteiger partial charge in [-0.3, -0.25) is 0 Å². The first-order valence-electron chi connectivity index (χ1n) is 7.51. The minimum Gasteiger partial charge on any atom is -0.389 e. The molecule has 0 atom stereocenters. The van der Waals surface area contributed by atoms with Crippen molar-refractivity contribution in [1.82, 2.24) is 5.32 Å². The van der Waals surface area contributed by atoms with Gasteiger partial charge in [-0.05, 0) is 18.4 Å².